The van der Waals surface area contributed by atoms with Gasteiger partial charge in [0.1, 0.15) is 0 Å². The Morgan fingerprint density at radius 2 is 1.60 bits per heavy atom. The van der Waals surface area contributed by atoms with Crippen LogP contribution < -0.4 is 0 Å². The van der Waals surface area contributed by atoms with Gasteiger partial charge in [0.25, 0.3) is 0 Å². The number of ketones is 1. The van der Waals surface area contributed by atoms with E-state index in [4.69, 9.17) is 4.42 Å². The molecule has 1 rings (SSSR count). The summed E-state index contributed by atoms with van der Waals surface area (Å²) in [6.45, 7) is 13.1. The molecule has 1 aliphatic heterocycles. The molecule has 0 bridgehead atoms. The molecule has 0 amide bonds. The van der Waals surface area contributed by atoms with Gasteiger partial charge in [-0.2, -0.15) is 0 Å². The first-order valence-electron chi connectivity index (χ1n) is 5.40. The second-order valence-electron chi connectivity index (χ2n) is 6.18. The van der Waals surface area contributed by atoms with E-state index in [2.05, 4.69) is 63.2 Å². The molecule has 0 aromatic heterocycles. The zero-order valence-corrected chi connectivity index (χ0v) is 12.3. The number of carbonyl (C=O) groups excluding carboxylic acids is 1. The van der Waals surface area contributed by atoms with Crippen molar-refractivity contribution >= 4 is 25.8 Å². The van der Waals surface area contributed by atoms with Gasteiger partial charge in [-0.25, -0.2) is 0 Å². The van der Waals surface area contributed by atoms with Crippen molar-refractivity contribution in [3.8, 4) is 0 Å². The molecule has 0 spiro atoms. The van der Waals surface area contributed by atoms with E-state index < -0.39 is 0 Å². The third-order valence-electron chi connectivity index (χ3n) is 2.44. The molecule has 1 nitrogen and oxygen atoms in total. The molecule has 15 heavy (non-hydrogen) atoms. The van der Waals surface area contributed by atoms with Crippen LogP contribution in [0.3, 0.4) is 0 Å². The van der Waals surface area contributed by atoms with Gasteiger partial charge in [-0.1, -0.05) is 0 Å². The molecular formula is C13H21OSe+. The first-order chi connectivity index (χ1) is 6.60. The van der Waals surface area contributed by atoms with Crippen LogP contribution >= 0.6 is 0 Å². The minimum atomic E-state index is 0.0754. The maximum absolute atomic E-state index is 6.02. The molecule has 0 saturated carbocycles. The Bertz CT molecular complexity index is 335. The summed E-state index contributed by atoms with van der Waals surface area (Å²) in [6.07, 6.45) is 3.05. The van der Waals surface area contributed by atoms with Crippen LogP contribution in [0.5, 0.6) is 0 Å². The van der Waals surface area contributed by atoms with Crippen LogP contribution in [-0.4, -0.2) is 25.8 Å². The van der Waals surface area contributed by atoms with E-state index in [-0.39, 0.29) is 10.8 Å². The normalized spacial score (nSPS) is 18.7. The third-order valence-corrected chi connectivity index (χ3v) is 2.99. The van der Waals surface area contributed by atoms with E-state index in [0.717, 1.165) is 18.0 Å². The Balaban J connectivity index is 3.11. The topological polar surface area (TPSA) is 11.3 Å². The van der Waals surface area contributed by atoms with Crippen LogP contribution in [0.2, 0.25) is 0 Å². The van der Waals surface area contributed by atoms with Gasteiger partial charge >= 0.3 is 101 Å². The Hall–Kier alpha value is -0.201. The Morgan fingerprint density at radius 3 is 2.00 bits per heavy atom. The summed E-state index contributed by atoms with van der Waals surface area (Å²) in [4.78, 5) is 0. The molecule has 1 aliphatic rings. The SMILES string of the molecule is CC(C)(C)C1=CC(=[Se])CC(C(C)(C)C)=[O+]1. The van der Waals surface area contributed by atoms with Gasteiger partial charge in [0.15, 0.2) is 0 Å². The molecule has 0 aromatic rings. The summed E-state index contributed by atoms with van der Waals surface area (Å²) in [7, 11) is 0. The zero-order chi connectivity index (χ0) is 11.9. The van der Waals surface area contributed by atoms with E-state index >= 15 is 0 Å². The average Bonchev–Trinajstić information content (AvgIpc) is 1.99. The van der Waals surface area contributed by atoms with E-state index in [1.165, 1.54) is 4.42 Å². The summed E-state index contributed by atoms with van der Waals surface area (Å²) in [5.74, 6) is 2.22. The van der Waals surface area contributed by atoms with Crippen molar-refractivity contribution in [3.63, 3.8) is 0 Å². The minimum absolute atomic E-state index is 0.0754. The second kappa shape index (κ2) is 3.99. The number of hydrogen-bond donors (Lipinski definition) is 0. The van der Waals surface area contributed by atoms with E-state index in [1.807, 2.05) is 0 Å². The fourth-order valence-electron chi connectivity index (χ4n) is 1.34. The standard InChI is InChI=1S/C13H21OSe/c1-12(2,3)10-7-9(15)8-11(14-10)13(4,5)6/h7H,8H2,1-6H3/q+1. The average molecular weight is 272 g/mol. The van der Waals surface area contributed by atoms with Crippen molar-refractivity contribution in [2.75, 3.05) is 0 Å². The number of hydrogen-bond acceptors (Lipinski definition) is 0. The Labute approximate surface area is 101 Å². The Kier molecular flexibility index (Phi) is 3.42. The van der Waals surface area contributed by atoms with Gasteiger partial charge in [0.05, 0.1) is 0 Å². The van der Waals surface area contributed by atoms with Crippen molar-refractivity contribution in [3.05, 3.63) is 11.8 Å². The van der Waals surface area contributed by atoms with Gasteiger partial charge in [-0.05, 0) is 0 Å². The number of rotatable bonds is 0. The zero-order valence-electron chi connectivity index (χ0n) is 10.6. The molecule has 1 heterocycles. The van der Waals surface area contributed by atoms with Crippen LogP contribution in [0, 0.1) is 10.8 Å². The first-order valence-corrected chi connectivity index (χ1v) is 6.25. The summed E-state index contributed by atoms with van der Waals surface area (Å²) < 4.78 is 7.30. The van der Waals surface area contributed by atoms with Gasteiger partial charge in [0, 0.05) is 0 Å². The summed E-state index contributed by atoms with van der Waals surface area (Å²) in [5.41, 5.74) is 0.186. The molecule has 0 atom stereocenters. The third kappa shape index (κ3) is 3.39. The van der Waals surface area contributed by atoms with E-state index in [1.54, 1.807) is 0 Å². The molecule has 84 valence electrons. The first kappa shape index (κ1) is 12.9. The predicted molar refractivity (Wildman–Crippen MR) is 67.4 cm³/mol. The molecule has 0 saturated heterocycles. The van der Waals surface area contributed by atoms with Crippen molar-refractivity contribution in [2.24, 2.45) is 10.8 Å². The Morgan fingerprint density at radius 1 is 1.07 bits per heavy atom. The summed E-state index contributed by atoms with van der Waals surface area (Å²) in [5, 5.41) is 0. The molecule has 0 aliphatic carbocycles. The van der Waals surface area contributed by atoms with E-state index in [0.29, 0.717) is 0 Å². The molecular weight excluding hydrogens is 251 g/mol. The fourth-order valence-corrected chi connectivity index (χ4v) is 1.84. The van der Waals surface area contributed by atoms with Gasteiger partial charge in [-0.3, -0.25) is 0 Å². The molecule has 0 N–H and O–H groups in total. The van der Waals surface area contributed by atoms with Gasteiger partial charge in [0.2, 0.25) is 0 Å². The molecule has 0 aromatic carbocycles. The fraction of sp³-hybridized carbons (Fsp3) is 0.692. The van der Waals surface area contributed by atoms with Crippen molar-refractivity contribution < 1.29 is 4.42 Å². The molecule has 0 radical (unpaired) electrons. The van der Waals surface area contributed by atoms with Crippen molar-refractivity contribution in [1.82, 2.24) is 0 Å². The maximum atomic E-state index is 6.02. The second-order valence-corrected chi connectivity index (χ2v) is 7.28. The molecule has 0 fully saturated rings. The van der Waals surface area contributed by atoms with Crippen molar-refractivity contribution in [2.45, 2.75) is 48.0 Å². The summed E-state index contributed by atoms with van der Waals surface area (Å²) >= 11 is 3.12. The summed E-state index contributed by atoms with van der Waals surface area (Å²) in [6, 6.07) is 0. The molecule has 0 unspecified atom stereocenters. The van der Waals surface area contributed by atoms with Crippen molar-refractivity contribution in [1.29, 1.82) is 0 Å². The van der Waals surface area contributed by atoms with Gasteiger partial charge < -0.3 is 0 Å². The van der Waals surface area contributed by atoms with Crippen LogP contribution in [0.15, 0.2) is 11.8 Å². The van der Waals surface area contributed by atoms with Crippen LogP contribution in [0.4, 0.5) is 0 Å². The predicted octanol–water partition coefficient (Wildman–Crippen LogP) is 2.81. The van der Waals surface area contributed by atoms with E-state index in [9.17, 15) is 0 Å². The number of allylic oxidation sites excluding steroid dienone is 2. The quantitative estimate of drug-likeness (QED) is 0.474. The van der Waals surface area contributed by atoms with Gasteiger partial charge in [-0.15, -0.1) is 0 Å². The van der Waals surface area contributed by atoms with Crippen LogP contribution in [0.1, 0.15) is 48.0 Å². The monoisotopic (exact) mass is 273 g/mol. The van der Waals surface area contributed by atoms with Crippen LogP contribution in [0.25, 0.3) is 0 Å². The van der Waals surface area contributed by atoms with Crippen LogP contribution in [-0.2, 0) is 4.42 Å². The molecule has 2 heteroatoms.